The van der Waals surface area contributed by atoms with Crippen LogP contribution in [0, 0.1) is 5.82 Å². The van der Waals surface area contributed by atoms with Crippen LogP contribution in [0.2, 0.25) is 0 Å². The molecule has 3 aromatic carbocycles. The van der Waals surface area contributed by atoms with Gasteiger partial charge < -0.3 is 14.3 Å². The molecule has 0 unspecified atom stereocenters. The van der Waals surface area contributed by atoms with E-state index in [1.807, 2.05) is 18.5 Å². The quantitative estimate of drug-likeness (QED) is 0.174. The second kappa shape index (κ2) is 11.1. The van der Waals surface area contributed by atoms with Crippen LogP contribution in [0.15, 0.2) is 65.7 Å². The zero-order valence-corrected chi connectivity index (χ0v) is 23.6. The third-order valence-electron chi connectivity index (χ3n) is 7.82. The molecule has 42 heavy (non-hydrogen) atoms. The summed E-state index contributed by atoms with van der Waals surface area (Å²) in [6, 6.07) is 15.0. The van der Waals surface area contributed by atoms with Crippen molar-refractivity contribution >= 4 is 27.8 Å². The van der Waals surface area contributed by atoms with Crippen LogP contribution < -0.4 is 16.1 Å². The highest BCUT2D eigenvalue weighted by molar-refractivity contribution is 5.94. The lowest BCUT2D eigenvalue weighted by Gasteiger charge is -2.37. The van der Waals surface area contributed by atoms with Gasteiger partial charge in [0.15, 0.2) is 0 Å². The van der Waals surface area contributed by atoms with E-state index in [4.69, 9.17) is 15.6 Å². The summed E-state index contributed by atoms with van der Waals surface area (Å²) in [5.41, 5.74) is 3.42. The number of rotatable bonds is 7. The molecule has 3 heterocycles. The van der Waals surface area contributed by atoms with Crippen LogP contribution in [0.4, 0.5) is 4.39 Å². The van der Waals surface area contributed by atoms with Crippen LogP contribution >= 0.6 is 0 Å². The number of nitrogens with zero attached hydrogens (tertiary/aromatic N) is 5. The number of nitrogens with one attached hydrogen (secondary N) is 1. The average Bonchev–Trinajstić information content (AvgIpc) is 3.38. The first kappa shape index (κ1) is 27.7. The molecule has 2 aromatic heterocycles. The number of likely N-dealkylation sites (N-methyl/N-ethyl adjacent to an activating group) is 1. The maximum Gasteiger partial charge on any atom is 0.364 e. The lowest BCUT2D eigenvalue weighted by molar-refractivity contribution is -0.865. The first-order chi connectivity index (χ1) is 20.2. The zero-order chi connectivity index (χ0) is 29.4. The second-order valence-corrected chi connectivity index (χ2v) is 10.9. The molecule has 0 atom stereocenters. The van der Waals surface area contributed by atoms with E-state index in [0.717, 1.165) is 30.6 Å². The number of aromatic nitrogens is 4. The predicted molar refractivity (Wildman–Crippen MR) is 158 cm³/mol. The highest BCUT2D eigenvalue weighted by atomic mass is 19.1. The summed E-state index contributed by atoms with van der Waals surface area (Å²) in [5.74, 6) is 6.86. The minimum atomic E-state index is -0.328. The summed E-state index contributed by atoms with van der Waals surface area (Å²) in [6.45, 7) is 5.40. The lowest BCUT2D eigenvalue weighted by Crippen LogP contribution is -2.66. The van der Waals surface area contributed by atoms with E-state index in [9.17, 15) is 14.0 Å². The Bertz CT molecular complexity index is 1840. The third-order valence-corrected chi connectivity index (χ3v) is 7.82. The van der Waals surface area contributed by atoms with Gasteiger partial charge in [-0.25, -0.2) is 19.2 Å². The zero-order valence-electron chi connectivity index (χ0n) is 23.6. The molecule has 1 aliphatic heterocycles. The van der Waals surface area contributed by atoms with Gasteiger partial charge in [0.05, 0.1) is 46.0 Å². The van der Waals surface area contributed by atoms with Crippen LogP contribution in [0.25, 0.3) is 33.3 Å². The van der Waals surface area contributed by atoms with Gasteiger partial charge in [-0.3, -0.25) is 9.69 Å². The molecular formula is C31H33FN7O3+. The van der Waals surface area contributed by atoms with Crippen LogP contribution in [-0.4, -0.2) is 74.8 Å². The van der Waals surface area contributed by atoms with Gasteiger partial charge in [-0.05, 0) is 61.5 Å². The number of fused-ring (bicyclic) bond motifs is 2. The number of ether oxygens (including phenoxy) is 1. The fraction of sp³-hybridized carbons (Fsp3) is 0.290. The Balaban J connectivity index is 1.40. The smallest absolute Gasteiger partial charge is 0.364 e. The van der Waals surface area contributed by atoms with E-state index in [0.29, 0.717) is 65.4 Å². The predicted octanol–water partition coefficient (Wildman–Crippen LogP) is 3.69. The molecule has 1 amide bonds. The molecule has 0 bridgehead atoms. The number of hydrogen-bond acceptors (Lipinski definition) is 7. The van der Waals surface area contributed by atoms with Crippen LogP contribution in [0.1, 0.15) is 29.3 Å². The molecule has 1 fully saturated rings. The standard InChI is InChI=1S/C31H32FN7O3/c1-3-14-42-28-9-6-21(31(41)39(33)12-10-37(2)11-13-39)15-24(28)29-35-25-17-26-27(16-23(25)30(40)36-29)38(19-34-26)18-20-4-7-22(32)8-5-20/h4-9,15-17,19H,3,10-14,18,33H2,1-2H3/p+1. The van der Waals surface area contributed by atoms with Gasteiger partial charge in [0.2, 0.25) is 0 Å². The van der Waals surface area contributed by atoms with Crippen molar-refractivity contribution in [1.29, 1.82) is 0 Å². The van der Waals surface area contributed by atoms with Gasteiger partial charge in [-0.15, -0.1) is 0 Å². The molecule has 0 spiro atoms. The number of amides is 1. The maximum atomic E-state index is 13.6. The van der Waals surface area contributed by atoms with Crippen molar-refractivity contribution in [1.82, 2.24) is 24.4 Å². The highest BCUT2D eigenvalue weighted by Gasteiger charge is 2.38. The van der Waals surface area contributed by atoms with Gasteiger partial charge in [0, 0.05) is 19.6 Å². The minimum Gasteiger partial charge on any atom is -0.493 e. The summed E-state index contributed by atoms with van der Waals surface area (Å²) in [7, 11) is 2.01. The van der Waals surface area contributed by atoms with Crippen molar-refractivity contribution in [2.45, 2.75) is 19.9 Å². The minimum absolute atomic E-state index is 0.181. The van der Waals surface area contributed by atoms with Gasteiger partial charge in [-0.2, -0.15) is 10.4 Å². The molecular weight excluding hydrogens is 537 g/mol. The normalized spacial score (nSPS) is 15.3. The Labute approximate surface area is 241 Å². The summed E-state index contributed by atoms with van der Waals surface area (Å²) >= 11 is 0. The fourth-order valence-corrected chi connectivity index (χ4v) is 5.30. The number of benzene rings is 3. The monoisotopic (exact) mass is 570 g/mol. The van der Waals surface area contributed by atoms with E-state index in [-0.39, 0.29) is 21.9 Å². The first-order valence-electron chi connectivity index (χ1n) is 14.0. The number of carbonyl (C=O) groups is 1. The Morgan fingerprint density at radius 1 is 1.10 bits per heavy atom. The van der Waals surface area contributed by atoms with E-state index >= 15 is 0 Å². The topological polar surface area (TPSA) is 119 Å². The third kappa shape index (κ3) is 5.29. The molecule has 1 aliphatic rings. The van der Waals surface area contributed by atoms with Gasteiger partial charge >= 0.3 is 5.91 Å². The Morgan fingerprint density at radius 3 is 2.60 bits per heavy atom. The van der Waals surface area contributed by atoms with Crippen molar-refractivity contribution in [3.05, 3.63) is 88.2 Å². The largest absolute Gasteiger partial charge is 0.493 e. The fourth-order valence-electron chi connectivity index (χ4n) is 5.30. The number of piperazine rings is 1. The number of halogens is 1. The molecule has 3 N–H and O–H groups in total. The molecule has 0 saturated carbocycles. The number of carbonyl (C=O) groups excluding carboxylic acids is 1. The van der Waals surface area contributed by atoms with Gasteiger partial charge in [0.25, 0.3) is 5.56 Å². The van der Waals surface area contributed by atoms with Crippen molar-refractivity contribution < 1.29 is 18.5 Å². The highest BCUT2D eigenvalue weighted by Crippen LogP contribution is 2.31. The van der Waals surface area contributed by atoms with E-state index < -0.39 is 0 Å². The van der Waals surface area contributed by atoms with Crippen LogP contribution in [0.3, 0.4) is 0 Å². The second-order valence-electron chi connectivity index (χ2n) is 10.9. The van der Waals surface area contributed by atoms with E-state index in [1.54, 1.807) is 48.8 Å². The molecule has 10 nitrogen and oxygen atoms in total. The summed E-state index contributed by atoms with van der Waals surface area (Å²) in [6.07, 6.45) is 2.48. The maximum absolute atomic E-state index is 13.6. The molecule has 5 aromatic rings. The molecule has 1 saturated heterocycles. The van der Waals surface area contributed by atoms with Crippen molar-refractivity contribution in [2.24, 2.45) is 5.84 Å². The number of hydrogen-bond donors (Lipinski definition) is 2. The summed E-state index contributed by atoms with van der Waals surface area (Å²) in [4.78, 5) is 41.4. The molecule has 6 rings (SSSR count). The first-order valence-corrected chi connectivity index (χ1v) is 14.0. The lowest BCUT2D eigenvalue weighted by atomic mass is 10.1. The van der Waals surface area contributed by atoms with Gasteiger partial charge in [0.1, 0.15) is 30.5 Å². The number of aromatic amines is 1. The molecule has 11 heteroatoms. The van der Waals surface area contributed by atoms with Gasteiger partial charge in [-0.1, -0.05) is 19.1 Å². The van der Waals surface area contributed by atoms with Crippen molar-refractivity contribution in [2.75, 3.05) is 39.8 Å². The van der Waals surface area contributed by atoms with E-state index in [1.165, 1.54) is 12.1 Å². The Hall–Kier alpha value is -4.45. The number of quaternary nitrogens is 1. The molecule has 216 valence electrons. The molecule has 0 aliphatic carbocycles. The Morgan fingerprint density at radius 2 is 1.86 bits per heavy atom. The number of H-pyrrole nitrogens is 1. The number of imidazole rings is 1. The average molecular weight is 571 g/mol. The van der Waals surface area contributed by atoms with Crippen LogP contribution in [0.5, 0.6) is 5.75 Å². The van der Waals surface area contributed by atoms with Crippen LogP contribution in [-0.2, 0) is 6.54 Å². The van der Waals surface area contributed by atoms with Crippen molar-refractivity contribution in [3.63, 3.8) is 0 Å². The number of nitrogens with two attached hydrogens (primary N) is 1. The Kier molecular flexibility index (Phi) is 7.31. The summed E-state index contributed by atoms with van der Waals surface area (Å²) < 4.78 is 21.1. The van der Waals surface area contributed by atoms with E-state index in [2.05, 4.69) is 14.9 Å². The summed E-state index contributed by atoms with van der Waals surface area (Å²) in [5, 5.41) is 0.402. The van der Waals surface area contributed by atoms with Crippen molar-refractivity contribution in [3.8, 4) is 17.1 Å². The SMILES string of the molecule is CCCOc1ccc(C(=O)[N+]2(N)CCN(C)CC2)cc1-c1nc2cc3ncn(Cc4ccc(F)cc4)c3cc2c(=O)[nH]1. The molecule has 0 radical (unpaired) electrons.